The van der Waals surface area contributed by atoms with Crippen molar-refractivity contribution in [3.63, 3.8) is 0 Å². The van der Waals surface area contributed by atoms with Crippen LogP contribution in [0.5, 0.6) is 5.75 Å². The van der Waals surface area contributed by atoms with Gasteiger partial charge in [-0.15, -0.1) is 13.2 Å². The van der Waals surface area contributed by atoms with Crippen LogP contribution in [0.15, 0.2) is 54.6 Å². The lowest BCUT2D eigenvalue weighted by Gasteiger charge is -2.07. The molecular weight excluding hydrogens is 334 g/mol. The molecule has 0 saturated carbocycles. The molecule has 0 heterocycles. The summed E-state index contributed by atoms with van der Waals surface area (Å²) in [4.78, 5) is 0. The molecule has 0 unspecified atom stereocenters. The number of ether oxygens (including phenoxy) is 1. The Balaban J connectivity index is 2.11. The van der Waals surface area contributed by atoms with Crippen LogP contribution in [0, 0.1) is 11.8 Å². The number of halogens is 6. The van der Waals surface area contributed by atoms with Crippen LogP contribution in [0.1, 0.15) is 16.7 Å². The number of alkyl halides is 3. The van der Waals surface area contributed by atoms with Crippen molar-refractivity contribution in [2.45, 2.75) is 6.36 Å². The molecule has 0 atom stereocenters. The molecule has 0 aliphatic rings. The zero-order valence-corrected chi connectivity index (χ0v) is 11.8. The molecule has 0 amide bonds. The molecule has 7 heteroatoms. The highest BCUT2D eigenvalue weighted by atomic mass is 19.4. The SMILES string of the molecule is FC(F)=C(F)c1ccc(C#Cc2ccc(OC(F)(F)F)cc2)cc1. The molecule has 0 saturated heterocycles. The summed E-state index contributed by atoms with van der Waals surface area (Å²) in [5, 5.41) is 0. The van der Waals surface area contributed by atoms with Gasteiger partial charge in [-0.05, 0) is 36.4 Å². The molecule has 0 N–H and O–H groups in total. The lowest BCUT2D eigenvalue weighted by atomic mass is 10.1. The van der Waals surface area contributed by atoms with Gasteiger partial charge in [-0.25, -0.2) is 4.39 Å². The summed E-state index contributed by atoms with van der Waals surface area (Å²) in [7, 11) is 0. The van der Waals surface area contributed by atoms with E-state index in [1.165, 1.54) is 24.3 Å². The molecule has 1 nitrogen and oxygen atoms in total. The Labute approximate surface area is 133 Å². The fourth-order valence-electron chi connectivity index (χ4n) is 1.69. The third-order valence-corrected chi connectivity index (χ3v) is 2.74. The minimum absolute atomic E-state index is 0.269. The van der Waals surface area contributed by atoms with E-state index >= 15 is 0 Å². The summed E-state index contributed by atoms with van der Waals surface area (Å²) < 4.78 is 77.0. The molecule has 24 heavy (non-hydrogen) atoms. The van der Waals surface area contributed by atoms with Crippen molar-refractivity contribution in [3.8, 4) is 17.6 Å². The molecule has 0 bridgehead atoms. The van der Waals surface area contributed by atoms with Crippen LogP contribution < -0.4 is 4.74 Å². The van der Waals surface area contributed by atoms with Crippen LogP contribution in [-0.4, -0.2) is 6.36 Å². The van der Waals surface area contributed by atoms with Gasteiger partial charge >= 0.3 is 12.4 Å². The first-order valence-corrected chi connectivity index (χ1v) is 6.43. The number of hydrogen-bond donors (Lipinski definition) is 0. The summed E-state index contributed by atoms with van der Waals surface area (Å²) in [6.45, 7) is 0. The molecule has 0 aromatic heterocycles. The molecule has 2 aromatic carbocycles. The predicted octanol–water partition coefficient (Wildman–Crippen LogP) is 5.52. The van der Waals surface area contributed by atoms with E-state index in [9.17, 15) is 26.3 Å². The first-order chi connectivity index (χ1) is 11.2. The van der Waals surface area contributed by atoms with Crippen LogP contribution >= 0.6 is 0 Å². The molecule has 2 rings (SSSR count). The van der Waals surface area contributed by atoms with E-state index in [0.717, 1.165) is 24.3 Å². The Kier molecular flexibility index (Phi) is 5.19. The molecule has 2 aromatic rings. The van der Waals surface area contributed by atoms with Crippen molar-refractivity contribution in [1.82, 2.24) is 0 Å². The molecule has 124 valence electrons. The van der Waals surface area contributed by atoms with E-state index in [2.05, 4.69) is 16.6 Å². The largest absolute Gasteiger partial charge is 0.573 e. The van der Waals surface area contributed by atoms with E-state index < -0.39 is 18.3 Å². The molecule has 0 aliphatic heterocycles. The van der Waals surface area contributed by atoms with Crippen molar-refractivity contribution in [2.75, 3.05) is 0 Å². The lowest BCUT2D eigenvalue weighted by Crippen LogP contribution is -2.16. The van der Waals surface area contributed by atoms with Crippen LogP contribution in [0.25, 0.3) is 5.83 Å². The minimum Gasteiger partial charge on any atom is -0.406 e. The first kappa shape index (κ1) is 17.5. The number of benzene rings is 2. The Morgan fingerprint density at radius 1 is 0.750 bits per heavy atom. The smallest absolute Gasteiger partial charge is 0.406 e. The molecular formula is C17H8F6O. The van der Waals surface area contributed by atoms with Gasteiger partial charge in [-0.1, -0.05) is 24.0 Å². The van der Waals surface area contributed by atoms with Gasteiger partial charge in [-0.2, -0.15) is 8.78 Å². The highest BCUT2D eigenvalue weighted by Gasteiger charge is 2.30. The topological polar surface area (TPSA) is 9.23 Å². The Hall–Kier alpha value is -2.88. The maximum Gasteiger partial charge on any atom is 0.573 e. The van der Waals surface area contributed by atoms with Gasteiger partial charge in [0.2, 0.25) is 0 Å². The maximum atomic E-state index is 13.0. The van der Waals surface area contributed by atoms with Crippen LogP contribution in [0.2, 0.25) is 0 Å². The Morgan fingerprint density at radius 3 is 1.62 bits per heavy atom. The quantitative estimate of drug-likeness (QED) is 0.516. The highest BCUT2D eigenvalue weighted by Crippen LogP contribution is 2.23. The van der Waals surface area contributed by atoms with E-state index in [1.54, 1.807) is 0 Å². The van der Waals surface area contributed by atoms with E-state index in [1.807, 2.05) is 0 Å². The highest BCUT2D eigenvalue weighted by molar-refractivity contribution is 5.60. The van der Waals surface area contributed by atoms with E-state index in [-0.39, 0.29) is 11.3 Å². The third-order valence-electron chi connectivity index (χ3n) is 2.74. The summed E-state index contributed by atoms with van der Waals surface area (Å²) >= 11 is 0. The van der Waals surface area contributed by atoms with Crippen LogP contribution in [-0.2, 0) is 0 Å². The van der Waals surface area contributed by atoms with Gasteiger partial charge in [0.1, 0.15) is 5.75 Å². The Morgan fingerprint density at radius 2 is 1.21 bits per heavy atom. The minimum atomic E-state index is -4.77. The second kappa shape index (κ2) is 7.13. The normalized spacial score (nSPS) is 10.6. The molecule has 0 fully saturated rings. The van der Waals surface area contributed by atoms with Gasteiger partial charge in [0.05, 0.1) is 0 Å². The molecule has 0 radical (unpaired) electrons. The number of hydrogen-bond acceptors (Lipinski definition) is 1. The fourth-order valence-corrected chi connectivity index (χ4v) is 1.69. The zero-order chi connectivity index (χ0) is 17.7. The molecule has 0 aliphatic carbocycles. The monoisotopic (exact) mass is 342 g/mol. The van der Waals surface area contributed by atoms with E-state index in [4.69, 9.17) is 0 Å². The average molecular weight is 342 g/mol. The van der Waals surface area contributed by atoms with Gasteiger partial charge in [-0.3, -0.25) is 0 Å². The fraction of sp³-hybridized carbons (Fsp3) is 0.0588. The van der Waals surface area contributed by atoms with Gasteiger partial charge < -0.3 is 4.74 Å². The standard InChI is InChI=1S/C17H8F6O/c18-15(16(19)20)13-7-3-11(4-8-13)1-2-12-5-9-14(10-6-12)24-17(21,22)23/h3-10H. The zero-order valence-electron chi connectivity index (χ0n) is 11.8. The summed E-state index contributed by atoms with van der Waals surface area (Å²) in [5.41, 5.74) is 0.588. The lowest BCUT2D eigenvalue weighted by molar-refractivity contribution is -0.274. The summed E-state index contributed by atoms with van der Waals surface area (Å²) in [6, 6.07) is 9.91. The van der Waals surface area contributed by atoms with Gasteiger partial charge in [0.15, 0.2) is 5.83 Å². The van der Waals surface area contributed by atoms with Crippen LogP contribution in [0.4, 0.5) is 26.3 Å². The maximum absolute atomic E-state index is 13.0. The predicted molar refractivity (Wildman–Crippen MR) is 75.8 cm³/mol. The summed E-state index contributed by atoms with van der Waals surface area (Å²) in [6.07, 6.45) is -7.17. The van der Waals surface area contributed by atoms with Crippen molar-refractivity contribution in [2.24, 2.45) is 0 Å². The average Bonchev–Trinajstić information content (AvgIpc) is 2.52. The molecule has 0 spiro atoms. The summed E-state index contributed by atoms with van der Waals surface area (Å²) in [5.74, 6) is 3.40. The van der Waals surface area contributed by atoms with Gasteiger partial charge in [0, 0.05) is 16.7 Å². The van der Waals surface area contributed by atoms with Crippen LogP contribution in [0.3, 0.4) is 0 Å². The Bertz CT molecular complexity index is 788. The first-order valence-electron chi connectivity index (χ1n) is 6.43. The van der Waals surface area contributed by atoms with E-state index in [0.29, 0.717) is 11.1 Å². The van der Waals surface area contributed by atoms with Crippen molar-refractivity contribution in [1.29, 1.82) is 0 Å². The van der Waals surface area contributed by atoms with Gasteiger partial charge in [0.25, 0.3) is 0 Å². The third kappa shape index (κ3) is 5.09. The van der Waals surface area contributed by atoms with Crippen molar-refractivity contribution >= 4 is 5.83 Å². The van der Waals surface area contributed by atoms with Crippen molar-refractivity contribution < 1.29 is 31.1 Å². The second-order valence-corrected chi connectivity index (χ2v) is 4.47. The second-order valence-electron chi connectivity index (χ2n) is 4.47. The van der Waals surface area contributed by atoms with Crippen molar-refractivity contribution in [3.05, 3.63) is 71.3 Å². The number of rotatable bonds is 2.